The minimum absolute atomic E-state index is 0.169. The minimum atomic E-state index is -0.694. The van der Waals surface area contributed by atoms with Crippen LogP contribution in [0.25, 0.3) is 11.0 Å². The van der Waals surface area contributed by atoms with Gasteiger partial charge in [0.05, 0.1) is 17.6 Å². The largest absolute Gasteiger partial charge is 0.481 e. The number of rotatable bonds is 3. The lowest BCUT2D eigenvalue weighted by Gasteiger charge is -2.27. The fourth-order valence-electron chi connectivity index (χ4n) is 2.75. The van der Waals surface area contributed by atoms with Crippen molar-refractivity contribution in [2.75, 3.05) is 5.32 Å². The van der Waals surface area contributed by atoms with E-state index in [4.69, 9.17) is 9.52 Å². The van der Waals surface area contributed by atoms with Gasteiger partial charge in [0, 0.05) is 12.2 Å². The lowest BCUT2D eigenvalue weighted by atomic mass is 9.86. The second kappa shape index (κ2) is 4.91. The van der Waals surface area contributed by atoms with E-state index in [-0.39, 0.29) is 12.0 Å². The fraction of sp³-hybridized carbons (Fsp3) is 0.429. The number of fused-ring (bicyclic) bond motifs is 1. The van der Waals surface area contributed by atoms with Crippen LogP contribution in [0.3, 0.4) is 0 Å². The number of nitrogens with one attached hydrogen (secondary N) is 1. The molecule has 5 nitrogen and oxygen atoms in total. The van der Waals surface area contributed by atoms with Crippen molar-refractivity contribution in [3.05, 3.63) is 24.6 Å². The summed E-state index contributed by atoms with van der Waals surface area (Å²) in [5, 5.41) is 13.4. The van der Waals surface area contributed by atoms with Gasteiger partial charge in [0.15, 0.2) is 0 Å². The molecule has 1 saturated carbocycles. The number of anilines is 1. The average Bonchev–Trinajstić information content (AvgIpc) is 2.88. The first kappa shape index (κ1) is 12.0. The van der Waals surface area contributed by atoms with Crippen LogP contribution in [-0.4, -0.2) is 22.1 Å². The van der Waals surface area contributed by atoms with Crippen molar-refractivity contribution in [3.8, 4) is 0 Å². The van der Waals surface area contributed by atoms with Crippen molar-refractivity contribution in [1.82, 2.24) is 4.98 Å². The molecule has 2 unspecified atom stereocenters. The average molecular weight is 260 g/mol. The van der Waals surface area contributed by atoms with Crippen LogP contribution in [0, 0.1) is 5.92 Å². The molecule has 2 aromatic heterocycles. The lowest BCUT2D eigenvalue weighted by Crippen LogP contribution is -2.31. The van der Waals surface area contributed by atoms with Gasteiger partial charge in [0.1, 0.15) is 11.4 Å². The molecule has 1 aliphatic carbocycles. The Hall–Kier alpha value is -2.04. The smallest absolute Gasteiger partial charge is 0.306 e. The molecule has 5 heteroatoms. The molecule has 0 radical (unpaired) electrons. The van der Waals surface area contributed by atoms with Gasteiger partial charge in [0.25, 0.3) is 0 Å². The van der Waals surface area contributed by atoms with E-state index < -0.39 is 5.97 Å². The molecular formula is C14H16N2O3. The number of carboxylic acids is 1. The zero-order valence-electron chi connectivity index (χ0n) is 10.5. The van der Waals surface area contributed by atoms with Gasteiger partial charge in [-0.3, -0.25) is 4.79 Å². The number of carboxylic acid groups (broad SMARTS) is 1. The molecule has 0 bridgehead atoms. The highest BCUT2D eigenvalue weighted by molar-refractivity contribution is 5.88. The van der Waals surface area contributed by atoms with E-state index in [1.165, 1.54) is 0 Å². The first-order valence-electron chi connectivity index (χ1n) is 6.55. The molecular weight excluding hydrogens is 244 g/mol. The third-order valence-corrected chi connectivity index (χ3v) is 3.74. The number of furan rings is 1. The number of aliphatic carboxylic acids is 1. The normalized spacial score (nSPS) is 23.4. The number of carbonyl (C=O) groups is 1. The highest BCUT2D eigenvalue weighted by Crippen LogP contribution is 2.29. The summed E-state index contributed by atoms with van der Waals surface area (Å²) in [5.41, 5.74) is 0.795. The molecule has 0 aliphatic heterocycles. The molecule has 2 atom stereocenters. The van der Waals surface area contributed by atoms with Crippen molar-refractivity contribution in [3.63, 3.8) is 0 Å². The van der Waals surface area contributed by atoms with Gasteiger partial charge in [0.2, 0.25) is 0 Å². The van der Waals surface area contributed by atoms with Crippen molar-refractivity contribution in [2.45, 2.75) is 31.7 Å². The van der Waals surface area contributed by atoms with E-state index in [0.717, 1.165) is 36.0 Å². The Labute approximate surface area is 110 Å². The molecule has 1 aliphatic rings. The third kappa shape index (κ3) is 2.41. The summed E-state index contributed by atoms with van der Waals surface area (Å²) in [6.45, 7) is 0. The summed E-state index contributed by atoms with van der Waals surface area (Å²) in [6, 6.07) is 3.87. The van der Waals surface area contributed by atoms with Crippen LogP contribution in [0.1, 0.15) is 25.7 Å². The second-order valence-electron chi connectivity index (χ2n) is 5.03. The summed E-state index contributed by atoms with van der Waals surface area (Å²) in [6.07, 6.45) is 6.70. The Bertz CT molecular complexity index is 593. The van der Waals surface area contributed by atoms with Crippen LogP contribution in [0.4, 0.5) is 5.82 Å². The molecule has 0 saturated heterocycles. The molecule has 0 amide bonds. The van der Waals surface area contributed by atoms with Crippen molar-refractivity contribution in [1.29, 1.82) is 0 Å². The summed E-state index contributed by atoms with van der Waals surface area (Å²) >= 11 is 0. The first-order chi connectivity index (χ1) is 9.24. The van der Waals surface area contributed by atoms with Gasteiger partial charge in [-0.05, 0) is 31.4 Å². The quantitative estimate of drug-likeness (QED) is 0.887. The van der Waals surface area contributed by atoms with E-state index in [2.05, 4.69) is 10.3 Å². The molecule has 100 valence electrons. The highest BCUT2D eigenvalue weighted by Gasteiger charge is 2.27. The molecule has 2 heterocycles. The molecule has 2 aromatic rings. The maximum atomic E-state index is 11.1. The van der Waals surface area contributed by atoms with Crippen LogP contribution >= 0.6 is 0 Å². The van der Waals surface area contributed by atoms with E-state index in [9.17, 15) is 4.79 Å². The van der Waals surface area contributed by atoms with Crippen molar-refractivity contribution < 1.29 is 14.3 Å². The Morgan fingerprint density at radius 1 is 1.42 bits per heavy atom. The number of hydrogen-bond donors (Lipinski definition) is 2. The van der Waals surface area contributed by atoms with Gasteiger partial charge in [-0.2, -0.15) is 0 Å². The molecule has 0 aromatic carbocycles. The van der Waals surface area contributed by atoms with E-state index in [1.807, 2.05) is 12.1 Å². The van der Waals surface area contributed by atoms with Gasteiger partial charge < -0.3 is 14.8 Å². The number of pyridine rings is 1. The van der Waals surface area contributed by atoms with Gasteiger partial charge >= 0.3 is 5.97 Å². The maximum absolute atomic E-state index is 11.1. The number of hydrogen-bond acceptors (Lipinski definition) is 4. The van der Waals surface area contributed by atoms with Crippen LogP contribution in [-0.2, 0) is 4.79 Å². The van der Waals surface area contributed by atoms with Crippen LogP contribution in [0.5, 0.6) is 0 Å². The van der Waals surface area contributed by atoms with Gasteiger partial charge in [-0.1, -0.05) is 6.42 Å². The standard InChI is InChI=1S/C14H16N2O3/c17-14(18)9-2-1-3-10(8-9)16-13-11-5-7-19-12(11)4-6-15-13/h4-7,9-10H,1-3,8H2,(H,15,16)(H,17,18). The van der Waals surface area contributed by atoms with Crippen molar-refractivity contribution >= 4 is 22.8 Å². The Morgan fingerprint density at radius 2 is 2.32 bits per heavy atom. The van der Waals surface area contributed by atoms with Crippen LogP contribution < -0.4 is 5.32 Å². The lowest BCUT2D eigenvalue weighted by molar-refractivity contribution is -0.142. The van der Waals surface area contributed by atoms with Crippen LogP contribution in [0.15, 0.2) is 29.0 Å². The monoisotopic (exact) mass is 260 g/mol. The van der Waals surface area contributed by atoms with E-state index >= 15 is 0 Å². The van der Waals surface area contributed by atoms with Gasteiger partial charge in [-0.15, -0.1) is 0 Å². The van der Waals surface area contributed by atoms with Crippen molar-refractivity contribution in [2.24, 2.45) is 5.92 Å². The summed E-state index contributed by atoms with van der Waals surface area (Å²) in [5.74, 6) is -0.155. The zero-order chi connectivity index (χ0) is 13.2. The number of aromatic nitrogens is 1. The zero-order valence-corrected chi connectivity index (χ0v) is 10.5. The molecule has 2 N–H and O–H groups in total. The Balaban J connectivity index is 1.77. The topological polar surface area (TPSA) is 75.4 Å². The summed E-state index contributed by atoms with van der Waals surface area (Å²) in [4.78, 5) is 15.4. The van der Waals surface area contributed by atoms with E-state index in [1.54, 1.807) is 12.5 Å². The Morgan fingerprint density at radius 3 is 3.16 bits per heavy atom. The highest BCUT2D eigenvalue weighted by atomic mass is 16.4. The van der Waals surface area contributed by atoms with E-state index in [0.29, 0.717) is 6.42 Å². The number of nitrogens with zero attached hydrogens (tertiary/aromatic N) is 1. The Kier molecular flexibility index (Phi) is 3.11. The summed E-state index contributed by atoms with van der Waals surface area (Å²) in [7, 11) is 0. The minimum Gasteiger partial charge on any atom is -0.481 e. The molecule has 1 fully saturated rings. The second-order valence-corrected chi connectivity index (χ2v) is 5.03. The molecule has 19 heavy (non-hydrogen) atoms. The SMILES string of the molecule is O=C(O)C1CCCC(Nc2nccc3occc23)C1. The first-order valence-corrected chi connectivity index (χ1v) is 6.55. The third-order valence-electron chi connectivity index (χ3n) is 3.74. The fourth-order valence-corrected chi connectivity index (χ4v) is 2.75. The summed E-state index contributed by atoms with van der Waals surface area (Å²) < 4.78 is 5.33. The predicted molar refractivity (Wildman–Crippen MR) is 71.0 cm³/mol. The predicted octanol–water partition coefficient (Wildman–Crippen LogP) is 2.88. The molecule has 0 spiro atoms. The van der Waals surface area contributed by atoms with Crippen LogP contribution in [0.2, 0.25) is 0 Å². The maximum Gasteiger partial charge on any atom is 0.306 e. The molecule has 3 rings (SSSR count). The van der Waals surface area contributed by atoms with Gasteiger partial charge in [-0.25, -0.2) is 4.98 Å².